The number of rotatable bonds is 4. The minimum Gasteiger partial charge on any atom is -0.325 e. The van der Waals surface area contributed by atoms with Gasteiger partial charge in [-0.2, -0.15) is 0 Å². The van der Waals surface area contributed by atoms with Gasteiger partial charge in [0.25, 0.3) is 0 Å². The number of amides is 2. The Morgan fingerprint density at radius 1 is 1.04 bits per heavy atom. The predicted octanol–water partition coefficient (Wildman–Crippen LogP) is 4.13. The molecule has 2 amide bonds. The van der Waals surface area contributed by atoms with Crippen LogP contribution in [0.5, 0.6) is 0 Å². The number of amidine groups is 1. The summed E-state index contributed by atoms with van der Waals surface area (Å²) in [5, 5.41) is 8.26. The zero-order valence-corrected chi connectivity index (χ0v) is 15.9. The third-order valence-corrected chi connectivity index (χ3v) is 5.37. The third-order valence-electron chi connectivity index (χ3n) is 4.49. The fourth-order valence-electron chi connectivity index (χ4n) is 3.16. The van der Waals surface area contributed by atoms with Crippen LogP contribution in [0.1, 0.15) is 18.0 Å². The molecule has 3 aromatic rings. The number of fused-ring (bicyclic) bond motifs is 1. The zero-order valence-electron chi connectivity index (χ0n) is 15.1. The number of carbonyl (C=O) groups excluding carboxylic acids is 2. The van der Waals surface area contributed by atoms with E-state index in [1.807, 2.05) is 72.8 Å². The molecule has 0 fully saturated rings. The first kappa shape index (κ1) is 18.3. The highest BCUT2D eigenvalue weighted by atomic mass is 32.2. The van der Waals surface area contributed by atoms with E-state index < -0.39 is 0 Å². The van der Waals surface area contributed by atoms with Crippen molar-refractivity contribution in [2.45, 2.75) is 12.5 Å². The minimum atomic E-state index is -0.210. The largest absolute Gasteiger partial charge is 0.325 e. The number of hydrogen-bond acceptors (Lipinski definition) is 4. The molecule has 0 saturated carbocycles. The monoisotopic (exact) mass is 389 g/mol. The van der Waals surface area contributed by atoms with Crippen molar-refractivity contribution in [1.29, 1.82) is 0 Å². The molecule has 6 heteroatoms. The number of benzene rings is 3. The summed E-state index contributed by atoms with van der Waals surface area (Å²) in [5.41, 5.74) is 1.77. The van der Waals surface area contributed by atoms with Gasteiger partial charge in [-0.15, -0.1) is 0 Å². The van der Waals surface area contributed by atoms with E-state index in [2.05, 4.69) is 15.6 Å². The summed E-state index contributed by atoms with van der Waals surface area (Å²) in [6.45, 7) is 0. The fourth-order valence-corrected chi connectivity index (χ4v) is 3.89. The first-order valence-electron chi connectivity index (χ1n) is 9.02. The SMILES string of the molecule is O=C1C[C@H](c2ccccc2)N=C(SCC(=O)Nc2cccc3ccccc23)N1. The Hall–Kier alpha value is -3.12. The summed E-state index contributed by atoms with van der Waals surface area (Å²) in [5.74, 6) is -0.0509. The van der Waals surface area contributed by atoms with Gasteiger partial charge in [0.15, 0.2) is 5.17 Å². The third kappa shape index (κ3) is 4.23. The molecular formula is C22H19N3O2S. The number of anilines is 1. The molecule has 0 bridgehead atoms. The van der Waals surface area contributed by atoms with Crippen LogP contribution in [0.15, 0.2) is 77.8 Å². The second-order valence-corrected chi connectivity index (χ2v) is 7.44. The van der Waals surface area contributed by atoms with E-state index in [1.54, 1.807) is 0 Å². The molecule has 1 aliphatic heterocycles. The highest BCUT2D eigenvalue weighted by Gasteiger charge is 2.23. The van der Waals surface area contributed by atoms with Crippen LogP contribution in [-0.2, 0) is 9.59 Å². The van der Waals surface area contributed by atoms with Gasteiger partial charge in [0, 0.05) is 11.1 Å². The van der Waals surface area contributed by atoms with Crippen molar-refractivity contribution < 1.29 is 9.59 Å². The van der Waals surface area contributed by atoms with Crippen LogP contribution in [0, 0.1) is 0 Å². The van der Waals surface area contributed by atoms with Gasteiger partial charge in [0.1, 0.15) is 0 Å². The van der Waals surface area contributed by atoms with Crippen molar-refractivity contribution in [3.05, 3.63) is 78.4 Å². The van der Waals surface area contributed by atoms with Crippen LogP contribution < -0.4 is 10.6 Å². The van der Waals surface area contributed by atoms with E-state index in [9.17, 15) is 9.59 Å². The molecule has 3 aromatic carbocycles. The Morgan fingerprint density at radius 3 is 2.64 bits per heavy atom. The lowest BCUT2D eigenvalue weighted by Gasteiger charge is -2.20. The normalized spacial score (nSPS) is 16.4. The average Bonchev–Trinajstić information content (AvgIpc) is 2.73. The first-order valence-corrected chi connectivity index (χ1v) is 10.0. The Morgan fingerprint density at radius 2 is 1.79 bits per heavy atom. The van der Waals surface area contributed by atoms with Crippen molar-refractivity contribution >= 4 is 45.2 Å². The number of thioether (sulfide) groups is 1. The van der Waals surface area contributed by atoms with Gasteiger partial charge in [-0.25, -0.2) is 0 Å². The summed E-state index contributed by atoms with van der Waals surface area (Å²) >= 11 is 1.24. The summed E-state index contributed by atoms with van der Waals surface area (Å²) in [6.07, 6.45) is 0.316. The number of aliphatic imine (C=N–C) groups is 1. The summed E-state index contributed by atoms with van der Waals surface area (Å²) in [4.78, 5) is 29.1. The van der Waals surface area contributed by atoms with Gasteiger partial charge < -0.3 is 10.6 Å². The highest BCUT2D eigenvalue weighted by molar-refractivity contribution is 8.14. The number of nitrogens with zero attached hydrogens (tertiary/aromatic N) is 1. The summed E-state index contributed by atoms with van der Waals surface area (Å²) < 4.78 is 0. The lowest BCUT2D eigenvalue weighted by atomic mass is 10.0. The van der Waals surface area contributed by atoms with Gasteiger partial charge in [-0.05, 0) is 17.0 Å². The standard InChI is InChI=1S/C22H19N3O2S/c26-20-13-19(16-8-2-1-3-9-16)24-22(25-20)28-14-21(27)23-18-12-6-10-15-7-4-5-11-17(15)18/h1-12,19H,13-14H2,(H,23,27)(H,24,25,26)/t19-/m1/s1. The Kier molecular flexibility index (Phi) is 5.39. The molecule has 0 spiro atoms. The van der Waals surface area contributed by atoms with Gasteiger partial charge in [-0.3, -0.25) is 14.6 Å². The fraction of sp³-hybridized carbons (Fsp3) is 0.136. The molecule has 0 radical (unpaired) electrons. The first-order chi connectivity index (χ1) is 13.7. The molecule has 5 nitrogen and oxygen atoms in total. The number of nitrogens with one attached hydrogen (secondary N) is 2. The van der Waals surface area contributed by atoms with Crippen LogP contribution in [-0.4, -0.2) is 22.7 Å². The molecule has 4 rings (SSSR count). The molecule has 1 atom stereocenters. The van der Waals surface area contributed by atoms with Gasteiger partial charge in [-0.1, -0.05) is 78.5 Å². The minimum absolute atomic E-state index is 0.0826. The average molecular weight is 389 g/mol. The molecule has 1 heterocycles. The van der Waals surface area contributed by atoms with E-state index >= 15 is 0 Å². The smallest absolute Gasteiger partial charge is 0.234 e. The van der Waals surface area contributed by atoms with Crippen molar-refractivity contribution in [2.75, 3.05) is 11.1 Å². The molecule has 0 saturated heterocycles. The van der Waals surface area contributed by atoms with Crippen molar-refractivity contribution in [3.63, 3.8) is 0 Å². The molecule has 140 valence electrons. The van der Waals surface area contributed by atoms with Crippen LogP contribution >= 0.6 is 11.8 Å². The zero-order chi connectivity index (χ0) is 19.3. The molecular weight excluding hydrogens is 370 g/mol. The maximum absolute atomic E-state index is 12.4. The van der Waals surface area contributed by atoms with Gasteiger partial charge >= 0.3 is 0 Å². The van der Waals surface area contributed by atoms with Crippen molar-refractivity contribution in [2.24, 2.45) is 4.99 Å². The molecule has 2 N–H and O–H groups in total. The van der Waals surface area contributed by atoms with Gasteiger partial charge in [0.05, 0.1) is 18.2 Å². The summed E-state index contributed by atoms with van der Waals surface area (Å²) in [7, 11) is 0. The van der Waals surface area contributed by atoms with Crippen LogP contribution in [0.3, 0.4) is 0 Å². The maximum atomic E-state index is 12.4. The second kappa shape index (κ2) is 8.27. The molecule has 0 aromatic heterocycles. The number of hydrogen-bond donors (Lipinski definition) is 2. The number of carbonyl (C=O) groups is 2. The van der Waals surface area contributed by atoms with Crippen LogP contribution in [0.25, 0.3) is 10.8 Å². The summed E-state index contributed by atoms with van der Waals surface area (Å²) in [6, 6.07) is 23.2. The lowest BCUT2D eigenvalue weighted by Crippen LogP contribution is -2.35. The molecule has 0 aliphatic carbocycles. The topological polar surface area (TPSA) is 70.6 Å². The van der Waals surface area contributed by atoms with Gasteiger partial charge in [0.2, 0.25) is 11.8 Å². The second-order valence-electron chi connectivity index (χ2n) is 6.48. The molecule has 1 aliphatic rings. The van der Waals surface area contributed by atoms with E-state index in [4.69, 9.17) is 0 Å². The quantitative estimate of drug-likeness (QED) is 0.705. The van der Waals surface area contributed by atoms with Crippen LogP contribution in [0.4, 0.5) is 5.69 Å². The Bertz CT molecular complexity index is 1040. The molecule has 28 heavy (non-hydrogen) atoms. The highest BCUT2D eigenvalue weighted by Crippen LogP contribution is 2.26. The van der Waals surface area contributed by atoms with Crippen LogP contribution in [0.2, 0.25) is 0 Å². The van der Waals surface area contributed by atoms with E-state index in [1.165, 1.54) is 11.8 Å². The molecule has 0 unspecified atom stereocenters. The van der Waals surface area contributed by atoms with E-state index in [0.29, 0.717) is 11.6 Å². The van der Waals surface area contributed by atoms with Crippen molar-refractivity contribution in [1.82, 2.24) is 5.32 Å². The lowest BCUT2D eigenvalue weighted by molar-refractivity contribution is -0.120. The maximum Gasteiger partial charge on any atom is 0.234 e. The van der Waals surface area contributed by atoms with Crippen molar-refractivity contribution in [3.8, 4) is 0 Å². The predicted molar refractivity (Wildman–Crippen MR) is 114 cm³/mol. The van der Waals surface area contributed by atoms with E-state index in [-0.39, 0.29) is 23.6 Å². The Balaban J connectivity index is 1.42. The Labute approximate surface area is 167 Å². The van der Waals surface area contributed by atoms with E-state index in [0.717, 1.165) is 22.0 Å².